The van der Waals surface area contributed by atoms with Gasteiger partial charge in [-0.1, -0.05) is 74.5 Å². The second-order valence-electron chi connectivity index (χ2n) is 11.3. The van der Waals surface area contributed by atoms with E-state index in [4.69, 9.17) is 12.6 Å². The molecule has 0 amide bonds. The molecule has 0 fully saturated rings. The van der Waals surface area contributed by atoms with Crippen molar-refractivity contribution in [3.8, 4) is 22.5 Å². The van der Waals surface area contributed by atoms with Gasteiger partial charge in [0.15, 0.2) is 0 Å². The van der Waals surface area contributed by atoms with Gasteiger partial charge < -0.3 is 14.4 Å². The molecule has 42 heavy (non-hydrogen) atoms. The summed E-state index contributed by atoms with van der Waals surface area (Å²) in [6, 6.07) is 24.7. The van der Waals surface area contributed by atoms with E-state index in [9.17, 15) is 4.39 Å². The predicted molar refractivity (Wildman–Crippen MR) is 171 cm³/mol. The van der Waals surface area contributed by atoms with Crippen LogP contribution >= 0.6 is 0 Å². The number of benzene rings is 3. The normalized spacial score (nSPS) is 14.1. The average molecular weight is 757 g/mol. The monoisotopic (exact) mass is 757 g/mol. The van der Waals surface area contributed by atoms with Crippen molar-refractivity contribution in [3.05, 3.63) is 114 Å². The van der Waals surface area contributed by atoms with Gasteiger partial charge in [0.2, 0.25) is 0 Å². The third-order valence-electron chi connectivity index (χ3n) is 6.90. The number of halogens is 1. The molecule has 0 saturated carbocycles. The molecule has 1 radical (unpaired) electrons. The van der Waals surface area contributed by atoms with Crippen LogP contribution < -0.4 is 5.19 Å². The number of rotatable bonds is 4. The molecule has 6 rings (SSSR count). The summed E-state index contributed by atoms with van der Waals surface area (Å²) in [6.45, 7) is 6.13. The SMILES string of the molecule is CC(C)c1ccnc(-c2[c-]ccc3c2oc2cc(F)ccc23)c1.[2H]C([2H])([2H])c1c[c-]c(-c2cc(C([2H])([2H])[2H])c([Si](C)(C)C)cn2)cc1.[Ir]. The molecule has 0 spiro atoms. The van der Waals surface area contributed by atoms with Crippen molar-refractivity contribution in [2.45, 2.75) is 53.1 Å². The molecular weight excluding hydrogens is 716 g/mol. The smallest absolute Gasteiger partial charge is 0.126 e. The molecule has 3 aromatic heterocycles. The minimum absolute atomic E-state index is 0. The number of furan rings is 1. The van der Waals surface area contributed by atoms with Crippen molar-refractivity contribution in [1.82, 2.24) is 9.97 Å². The fourth-order valence-corrected chi connectivity index (χ4v) is 5.96. The zero-order valence-corrected chi connectivity index (χ0v) is 27.5. The van der Waals surface area contributed by atoms with Gasteiger partial charge in [0.1, 0.15) is 11.4 Å². The van der Waals surface area contributed by atoms with Crippen molar-refractivity contribution >= 4 is 35.2 Å². The van der Waals surface area contributed by atoms with E-state index >= 15 is 0 Å². The quantitative estimate of drug-likeness (QED) is 0.133. The maximum absolute atomic E-state index is 13.5. The Morgan fingerprint density at radius 2 is 1.74 bits per heavy atom. The van der Waals surface area contributed by atoms with Crippen LogP contribution in [0.1, 0.15) is 44.7 Å². The van der Waals surface area contributed by atoms with Crippen LogP contribution in [0.2, 0.25) is 19.6 Å². The van der Waals surface area contributed by atoms with Crippen molar-refractivity contribution in [3.63, 3.8) is 0 Å². The molecule has 3 aromatic carbocycles. The summed E-state index contributed by atoms with van der Waals surface area (Å²) in [7, 11) is -1.85. The number of aromatic nitrogens is 2. The van der Waals surface area contributed by atoms with E-state index in [2.05, 4.69) is 61.7 Å². The van der Waals surface area contributed by atoms with Crippen molar-refractivity contribution in [2.75, 3.05) is 0 Å². The van der Waals surface area contributed by atoms with Gasteiger partial charge in [-0.2, -0.15) is 0 Å². The molecule has 0 aliphatic rings. The second kappa shape index (κ2) is 12.8. The largest absolute Gasteiger partial charge is 0.500 e. The van der Waals surface area contributed by atoms with Crippen molar-refractivity contribution in [2.24, 2.45) is 0 Å². The van der Waals surface area contributed by atoms with E-state index < -0.39 is 21.8 Å². The van der Waals surface area contributed by atoms with Crippen molar-refractivity contribution in [1.29, 1.82) is 0 Å². The molecule has 0 atom stereocenters. The number of fused-ring (bicyclic) bond motifs is 3. The zero-order chi connectivity index (χ0) is 34.3. The van der Waals surface area contributed by atoms with Gasteiger partial charge >= 0.3 is 0 Å². The van der Waals surface area contributed by atoms with E-state index in [-0.39, 0.29) is 31.5 Å². The molecule has 0 N–H and O–H groups in total. The minimum Gasteiger partial charge on any atom is -0.500 e. The Balaban J connectivity index is 0.000000212. The Hall–Kier alpha value is -3.44. The van der Waals surface area contributed by atoms with Gasteiger partial charge in [-0.3, -0.25) is 0 Å². The maximum atomic E-state index is 13.5. The molecule has 6 heteroatoms. The van der Waals surface area contributed by atoms with Crippen LogP contribution in [0.25, 0.3) is 44.5 Å². The van der Waals surface area contributed by atoms with Gasteiger partial charge in [0, 0.05) is 52.2 Å². The Morgan fingerprint density at radius 1 is 0.905 bits per heavy atom. The topological polar surface area (TPSA) is 38.9 Å². The summed E-state index contributed by atoms with van der Waals surface area (Å²) in [4.78, 5) is 8.86. The number of hydrogen-bond donors (Lipinski definition) is 0. The van der Waals surface area contributed by atoms with Crippen LogP contribution in [0.3, 0.4) is 0 Å². The Kier molecular flexibility index (Phi) is 7.34. The standard InChI is InChI=1S/C20H15FNO.C16H20NSi.Ir/c1-12(2)13-8-9-22-18(10-13)17-5-3-4-16-15-7-6-14(21)11-19(15)23-20(16)17;1-12-6-8-14(9-7-12)15-10-13(2)16(11-17-15)18(3,4)5;/h3-4,6-12H,1-2H3;6-8,10-11H,1-5H3;/q2*-1;/i;1D3,2D3;. The van der Waals surface area contributed by atoms with E-state index in [1.165, 1.54) is 29.8 Å². The summed E-state index contributed by atoms with van der Waals surface area (Å²) in [6.07, 6.45) is 3.45. The molecule has 6 aromatic rings. The van der Waals surface area contributed by atoms with Gasteiger partial charge in [-0.15, -0.1) is 53.6 Å². The molecule has 3 heterocycles. The number of aryl methyl sites for hydroxylation is 2. The summed E-state index contributed by atoms with van der Waals surface area (Å²) in [5.74, 6) is 0.114. The van der Waals surface area contributed by atoms with Crippen molar-refractivity contribution < 1.29 is 37.1 Å². The molecule has 0 bridgehead atoms. The first kappa shape index (κ1) is 24.0. The number of hydrogen-bond acceptors (Lipinski definition) is 3. The van der Waals surface area contributed by atoms with Gasteiger partial charge in [-0.05, 0) is 47.5 Å². The number of nitrogens with zero attached hydrogens (tertiary/aromatic N) is 2. The molecular formula is C36H35FIrN2OSi-2. The Bertz CT molecular complexity index is 2050. The fraction of sp³-hybridized carbons (Fsp3) is 0.222. The van der Waals surface area contributed by atoms with E-state index in [1.54, 1.807) is 30.6 Å². The van der Waals surface area contributed by atoms with Crippen LogP contribution in [0.5, 0.6) is 0 Å². The first-order valence-electron chi connectivity index (χ1n) is 16.5. The molecule has 3 nitrogen and oxygen atoms in total. The van der Waals surface area contributed by atoms with E-state index in [0.717, 1.165) is 27.2 Å². The van der Waals surface area contributed by atoms with E-state index in [1.807, 2.05) is 18.2 Å². The third kappa shape index (κ3) is 6.78. The summed E-state index contributed by atoms with van der Waals surface area (Å²) in [5, 5.41) is 2.66. The summed E-state index contributed by atoms with van der Waals surface area (Å²) >= 11 is 0. The number of pyridine rings is 2. The summed E-state index contributed by atoms with van der Waals surface area (Å²) in [5.41, 5.74) is 5.66. The minimum atomic E-state index is -2.22. The molecule has 0 aliphatic heterocycles. The van der Waals surface area contributed by atoms with Crippen LogP contribution in [-0.4, -0.2) is 18.0 Å². The first-order chi connectivity index (χ1) is 21.9. The second-order valence-corrected chi connectivity index (χ2v) is 16.4. The first-order valence-corrected chi connectivity index (χ1v) is 17.0. The third-order valence-corrected chi connectivity index (χ3v) is 8.92. The maximum Gasteiger partial charge on any atom is 0.126 e. The molecule has 0 unspecified atom stereocenters. The molecule has 0 saturated heterocycles. The fourth-order valence-electron chi connectivity index (χ4n) is 4.63. The van der Waals surface area contributed by atoms with Crippen LogP contribution in [-0.2, 0) is 20.1 Å². The average Bonchev–Trinajstić information content (AvgIpc) is 3.37. The van der Waals surface area contributed by atoms with E-state index in [0.29, 0.717) is 33.9 Å². The van der Waals surface area contributed by atoms with Gasteiger partial charge in [0.25, 0.3) is 0 Å². The predicted octanol–water partition coefficient (Wildman–Crippen LogP) is 9.42. The molecule has 217 valence electrons. The Labute approximate surface area is 271 Å². The van der Waals surface area contributed by atoms with Crippen LogP contribution in [0.4, 0.5) is 4.39 Å². The van der Waals surface area contributed by atoms with Gasteiger partial charge in [-0.25, -0.2) is 4.39 Å². The van der Waals surface area contributed by atoms with Gasteiger partial charge in [0.05, 0.1) is 13.7 Å². The molecule has 0 aliphatic carbocycles. The van der Waals surface area contributed by atoms with Crippen LogP contribution in [0, 0.1) is 31.7 Å². The Morgan fingerprint density at radius 3 is 2.43 bits per heavy atom. The van der Waals surface area contributed by atoms with Crippen LogP contribution in [0.15, 0.2) is 83.5 Å². The zero-order valence-electron chi connectivity index (χ0n) is 30.1. The summed E-state index contributed by atoms with van der Waals surface area (Å²) < 4.78 is 65.0.